The second kappa shape index (κ2) is 3.39. The summed E-state index contributed by atoms with van der Waals surface area (Å²) < 4.78 is 10.3. The molecule has 1 aromatic rings. The molecule has 2 rings (SSSR count). The molecule has 4 heteroatoms. The van der Waals surface area contributed by atoms with E-state index in [0.717, 1.165) is 5.56 Å². The van der Waals surface area contributed by atoms with E-state index in [0.29, 0.717) is 5.75 Å². The Labute approximate surface area is 74.8 Å². The number of para-hydroxylation sites is 1. The van der Waals surface area contributed by atoms with Crippen molar-refractivity contribution in [3.63, 3.8) is 0 Å². The third-order valence-electron chi connectivity index (χ3n) is 1.80. The standard InChI is InChI=1S/C9H7NO3/c11-5-10-9-7-3-1-2-4-8(7)12-6-13-9/h1-4,9H,6H2. The summed E-state index contributed by atoms with van der Waals surface area (Å²) in [7, 11) is 0. The maximum atomic E-state index is 10.1. The molecule has 1 heterocycles. The summed E-state index contributed by atoms with van der Waals surface area (Å²) in [6, 6.07) is 7.31. The van der Waals surface area contributed by atoms with Crippen LogP contribution in [0.25, 0.3) is 0 Å². The van der Waals surface area contributed by atoms with Gasteiger partial charge >= 0.3 is 0 Å². The van der Waals surface area contributed by atoms with Gasteiger partial charge in [0.1, 0.15) is 5.75 Å². The van der Waals surface area contributed by atoms with Gasteiger partial charge in [-0.2, -0.15) is 4.99 Å². The van der Waals surface area contributed by atoms with Crippen molar-refractivity contribution >= 4 is 6.08 Å². The molecule has 0 N–H and O–H groups in total. The highest BCUT2D eigenvalue weighted by Crippen LogP contribution is 2.31. The van der Waals surface area contributed by atoms with Crippen molar-refractivity contribution in [1.82, 2.24) is 0 Å². The molecule has 0 spiro atoms. The molecule has 13 heavy (non-hydrogen) atoms. The summed E-state index contributed by atoms with van der Waals surface area (Å²) in [6.45, 7) is 0.118. The molecule has 1 aliphatic heterocycles. The molecule has 0 aromatic heterocycles. The summed E-state index contributed by atoms with van der Waals surface area (Å²) >= 11 is 0. The lowest BCUT2D eigenvalue weighted by molar-refractivity contribution is -0.0553. The Hall–Kier alpha value is -1.64. The normalized spacial score (nSPS) is 19.5. The summed E-state index contributed by atoms with van der Waals surface area (Å²) in [6.07, 6.45) is 0.906. The highest BCUT2D eigenvalue weighted by molar-refractivity contribution is 5.40. The van der Waals surface area contributed by atoms with E-state index >= 15 is 0 Å². The van der Waals surface area contributed by atoms with Crippen molar-refractivity contribution < 1.29 is 14.3 Å². The second-order valence-electron chi connectivity index (χ2n) is 2.54. The van der Waals surface area contributed by atoms with Crippen LogP contribution in [0.2, 0.25) is 0 Å². The van der Waals surface area contributed by atoms with E-state index < -0.39 is 6.23 Å². The van der Waals surface area contributed by atoms with Gasteiger partial charge in [-0.3, -0.25) is 0 Å². The van der Waals surface area contributed by atoms with Gasteiger partial charge in [0.15, 0.2) is 13.0 Å². The lowest BCUT2D eigenvalue weighted by Crippen LogP contribution is -2.15. The summed E-state index contributed by atoms with van der Waals surface area (Å²) in [5, 5.41) is 0. The highest BCUT2D eigenvalue weighted by atomic mass is 16.7. The van der Waals surface area contributed by atoms with Crippen molar-refractivity contribution in [3.05, 3.63) is 29.8 Å². The highest BCUT2D eigenvalue weighted by Gasteiger charge is 2.20. The number of rotatable bonds is 1. The van der Waals surface area contributed by atoms with Gasteiger partial charge in [-0.05, 0) is 6.07 Å². The molecule has 0 bridgehead atoms. The Morgan fingerprint density at radius 1 is 1.46 bits per heavy atom. The molecule has 1 unspecified atom stereocenters. The fourth-order valence-electron chi connectivity index (χ4n) is 1.22. The van der Waals surface area contributed by atoms with Gasteiger partial charge in [0, 0.05) is 5.56 Å². The number of isocyanates is 1. The van der Waals surface area contributed by atoms with E-state index in [1.165, 1.54) is 6.08 Å². The molecule has 0 saturated carbocycles. The largest absolute Gasteiger partial charge is 0.467 e. The van der Waals surface area contributed by atoms with Gasteiger partial charge in [0.05, 0.1) is 0 Å². The van der Waals surface area contributed by atoms with Crippen molar-refractivity contribution in [2.24, 2.45) is 4.99 Å². The van der Waals surface area contributed by atoms with Crippen LogP contribution in [0.3, 0.4) is 0 Å². The van der Waals surface area contributed by atoms with Crippen molar-refractivity contribution in [1.29, 1.82) is 0 Å². The Balaban J connectivity index is 2.42. The maximum Gasteiger partial charge on any atom is 0.238 e. The number of benzene rings is 1. The molecule has 1 aliphatic rings. The number of hydrogen-bond acceptors (Lipinski definition) is 4. The van der Waals surface area contributed by atoms with Crippen LogP contribution in [0.5, 0.6) is 5.75 Å². The molecular formula is C9H7NO3. The van der Waals surface area contributed by atoms with E-state index in [2.05, 4.69) is 4.99 Å². The van der Waals surface area contributed by atoms with Crippen LogP contribution in [0.1, 0.15) is 11.8 Å². The minimum atomic E-state index is -0.567. The topological polar surface area (TPSA) is 47.9 Å². The van der Waals surface area contributed by atoms with Crippen molar-refractivity contribution in [2.75, 3.05) is 6.79 Å². The zero-order valence-corrected chi connectivity index (χ0v) is 6.77. The lowest BCUT2D eigenvalue weighted by atomic mass is 10.1. The van der Waals surface area contributed by atoms with E-state index in [-0.39, 0.29) is 6.79 Å². The molecule has 66 valence electrons. The number of ether oxygens (including phenoxy) is 2. The third-order valence-corrected chi connectivity index (χ3v) is 1.80. The minimum Gasteiger partial charge on any atom is -0.467 e. The van der Waals surface area contributed by atoms with Gasteiger partial charge in [-0.1, -0.05) is 18.2 Å². The molecule has 0 radical (unpaired) electrons. The Morgan fingerprint density at radius 2 is 2.31 bits per heavy atom. The van der Waals surface area contributed by atoms with E-state index in [1.807, 2.05) is 18.2 Å². The molecular weight excluding hydrogens is 170 g/mol. The van der Waals surface area contributed by atoms with Crippen LogP contribution in [0, 0.1) is 0 Å². The molecule has 4 nitrogen and oxygen atoms in total. The number of aliphatic imine (C=N–C) groups is 1. The quantitative estimate of drug-likeness (QED) is 0.481. The summed E-state index contributed by atoms with van der Waals surface area (Å²) in [5.74, 6) is 0.706. The first-order chi connectivity index (χ1) is 6.42. The summed E-state index contributed by atoms with van der Waals surface area (Å²) in [4.78, 5) is 13.6. The van der Waals surface area contributed by atoms with Crippen LogP contribution >= 0.6 is 0 Å². The smallest absolute Gasteiger partial charge is 0.238 e. The Bertz CT molecular complexity index is 358. The van der Waals surface area contributed by atoms with Gasteiger partial charge < -0.3 is 9.47 Å². The molecule has 0 saturated heterocycles. The van der Waals surface area contributed by atoms with E-state index in [4.69, 9.17) is 9.47 Å². The first kappa shape index (κ1) is 7.98. The van der Waals surface area contributed by atoms with Gasteiger partial charge in [-0.15, -0.1) is 0 Å². The van der Waals surface area contributed by atoms with Crippen LogP contribution in [-0.2, 0) is 9.53 Å². The third kappa shape index (κ3) is 1.45. The number of nitrogens with zero attached hydrogens (tertiary/aromatic N) is 1. The molecule has 0 aliphatic carbocycles. The van der Waals surface area contributed by atoms with E-state index in [1.54, 1.807) is 6.07 Å². The molecule has 1 atom stereocenters. The van der Waals surface area contributed by atoms with Crippen LogP contribution in [0.4, 0.5) is 0 Å². The van der Waals surface area contributed by atoms with Gasteiger partial charge in [0.25, 0.3) is 0 Å². The second-order valence-corrected chi connectivity index (χ2v) is 2.54. The fraction of sp³-hybridized carbons (Fsp3) is 0.222. The average molecular weight is 177 g/mol. The monoisotopic (exact) mass is 177 g/mol. The van der Waals surface area contributed by atoms with Crippen LogP contribution in [-0.4, -0.2) is 12.9 Å². The number of fused-ring (bicyclic) bond motifs is 1. The van der Waals surface area contributed by atoms with Crippen molar-refractivity contribution in [3.8, 4) is 5.75 Å². The first-order valence-corrected chi connectivity index (χ1v) is 3.82. The van der Waals surface area contributed by atoms with E-state index in [9.17, 15) is 4.79 Å². The molecule has 1 aromatic carbocycles. The average Bonchev–Trinajstić information content (AvgIpc) is 2.19. The maximum absolute atomic E-state index is 10.1. The SMILES string of the molecule is O=C=NC1OCOc2ccccc21. The number of hydrogen-bond donors (Lipinski definition) is 0. The van der Waals surface area contributed by atoms with Crippen molar-refractivity contribution in [2.45, 2.75) is 6.23 Å². The Kier molecular flexibility index (Phi) is 2.08. The zero-order valence-electron chi connectivity index (χ0n) is 6.77. The summed E-state index contributed by atoms with van der Waals surface area (Å²) in [5.41, 5.74) is 0.761. The number of carbonyl (C=O) groups excluding carboxylic acids is 1. The lowest BCUT2D eigenvalue weighted by Gasteiger charge is -2.21. The zero-order chi connectivity index (χ0) is 9.10. The van der Waals surface area contributed by atoms with Crippen LogP contribution in [0.15, 0.2) is 29.3 Å². The van der Waals surface area contributed by atoms with Gasteiger partial charge in [-0.25, -0.2) is 4.79 Å². The predicted octanol–water partition coefficient (Wildman–Crippen LogP) is 1.39. The molecule has 0 fully saturated rings. The molecule has 0 amide bonds. The Morgan fingerprint density at radius 3 is 3.15 bits per heavy atom. The minimum absolute atomic E-state index is 0.118. The predicted molar refractivity (Wildman–Crippen MR) is 43.9 cm³/mol. The first-order valence-electron chi connectivity index (χ1n) is 3.82. The van der Waals surface area contributed by atoms with Crippen LogP contribution < -0.4 is 4.74 Å². The fourth-order valence-corrected chi connectivity index (χ4v) is 1.22. The van der Waals surface area contributed by atoms with Gasteiger partial charge in [0.2, 0.25) is 6.08 Å².